The van der Waals surface area contributed by atoms with Crippen LogP contribution in [0.1, 0.15) is 20.8 Å². The number of nitrogens with one attached hydrogen (secondary N) is 2. The Morgan fingerprint density at radius 3 is 2.73 bits per heavy atom. The van der Waals surface area contributed by atoms with E-state index in [9.17, 15) is 22.4 Å². The first-order chi connectivity index (χ1) is 18.8. The van der Waals surface area contributed by atoms with Crippen LogP contribution in [0.2, 0.25) is 0 Å². The van der Waals surface area contributed by atoms with Crippen molar-refractivity contribution in [3.8, 4) is 17.2 Å². The summed E-state index contributed by atoms with van der Waals surface area (Å²) >= 11 is 3.06. The number of amides is 1. The fraction of sp³-hybridized carbons (Fsp3) is 0.348. The lowest BCUT2D eigenvalue weighted by atomic mass is 9.96. The van der Waals surface area contributed by atoms with Crippen LogP contribution in [0.4, 0.5) is 15.0 Å². The van der Waals surface area contributed by atoms with Gasteiger partial charge in [-0.15, -0.1) is 6.58 Å². The quantitative estimate of drug-likeness (QED) is 0.277. The summed E-state index contributed by atoms with van der Waals surface area (Å²) in [6, 6.07) is 3.82. The molecule has 0 bridgehead atoms. The van der Waals surface area contributed by atoms with Gasteiger partial charge in [0.1, 0.15) is 12.4 Å². The average molecular weight is 644 g/mol. The van der Waals surface area contributed by atoms with Gasteiger partial charge in [0.15, 0.2) is 5.69 Å². The topological polar surface area (TPSA) is 175 Å². The first-order valence-corrected chi connectivity index (χ1v) is 13.9. The number of ether oxygens (including phenoxy) is 1. The Hall–Kier alpha value is -3.83. The first kappa shape index (κ1) is 30.7. The molecule has 14 nitrogen and oxygen atoms in total. The fourth-order valence-electron chi connectivity index (χ4n) is 3.18. The lowest BCUT2D eigenvalue weighted by Gasteiger charge is -2.20. The lowest BCUT2D eigenvalue weighted by molar-refractivity contribution is 0.164. The van der Waals surface area contributed by atoms with E-state index in [-0.39, 0.29) is 59.2 Å². The van der Waals surface area contributed by atoms with Crippen molar-refractivity contribution >= 4 is 38.1 Å². The van der Waals surface area contributed by atoms with E-state index in [1.807, 2.05) is 31.6 Å². The maximum absolute atomic E-state index is 13.7. The van der Waals surface area contributed by atoms with Gasteiger partial charge in [-0.1, -0.05) is 44.2 Å². The number of aromatic nitrogens is 4. The molecule has 2 heterocycles. The highest BCUT2D eigenvalue weighted by Gasteiger charge is 2.26. The summed E-state index contributed by atoms with van der Waals surface area (Å²) in [7, 11) is -4.29. The largest absolute Gasteiger partial charge is 0.446 e. The van der Waals surface area contributed by atoms with Crippen molar-refractivity contribution in [2.24, 2.45) is 5.41 Å². The zero-order valence-electron chi connectivity index (χ0n) is 21.8. The molecule has 216 valence electrons. The van der Waals surface area contributed by atoms with Crippen molar-refractivity contribution in [1.82, 2.24) is 29.1 Å². The number of rotatable bonds is 12. The van der Waals surface area contributed by atoms with Gasteiger partial charge in [-0.25, -0.2) is 27.9 Å². The van der Waals surface area contributed by atoms with Crippen LogP contribution in [0.15, 0.2) is 61.4 Å². The van der Waals surface area contributed by atoms with Crippen LogP contribution in [0.5, 0.6) is 0 Å². The summed E-state index contributed by atoms with van der Waals surface area (Å²) in [5.41, 5.74) is 0.0652. The Morgan fingerprint density at radius 2 is 2.05 bits per heavy atom. The molecule has 0 unspecified atom stereocenters. The van der Waals surface area contributed by atoms with Crippen LogP contribution in [-0.4, -0.2) is 65.1 Å². The number of anilines is 1. The first-order valence-electron chi connectivity index (χ1n) is 11.7. The zero-order chi connectivity index (χ0) is 29.5. The van der Waals surface area contributed by atoms with Crippen molar-refractivity contribution in [2.75, 3.05) is 31.6 Å². The van der Waals surface area contributed by atoms with E-state index in [1.165, 1.54) is 18.2 Å². The number of carbonyl (C=O) groups is 1. The van der Waals surface area contributed by atoms with Crippen LogP contribution < -0.4 is 15.8 Å². The van der Waals surface area contributed by atoms with Crippen LogP contribution in [-0.2, 0) is 14.9 Å². The molecule has 0 saturated carbocycles. The van der Waals surface area contributed by atoms with E-state index >= 15 is 0 Å². The molecule has 0 spiro atoms. The van der Waals surface area contributed by atoms with Crippen LogP contribution in [0.25, 0.3) is 17.2 Å². The Labute approximate surface area is 237 Å². The Balaban J connectivity index is 1.69. The molecule has 0 fully saturated rings. The predicted octanol–water partition coefficient (Wildman–Crippen LogP) is 3.25. The van der Waals surface area contributed by atoms with Gasteiger partial charge >= 0.3 is 22.1 Å². The molecule has 0 aliphatic rings. The van der Waals surface area contributed by atoms with Gasteiger partial charge < -0.3 is 10.1 Å². The van der Waals surface area contributed by atoms with Gasteiger partial charge in [0.2, 0.25) is 11.6 Å². The highest BCUT2D eigenvalue weighted by atomic mass is 79.9. The molecular formula is C23H27BrFN7O7S. The van der Waals surface area contributed by atoms with Crippen LogP contribution >= 0.6 is 15.9 Å². The molecule has 2 N–H and O–H groups in total. The number of allylic oxidation sites excluding steroid dienone is 1. The van der Waals surface area contributed by atoms with Crippen molar-refractivity contribution in [3.63, 3.8) is 0 Å². The van der Waals surface area contributed by atoms with Gasteiger partial charge in [-0.3, -0.25) is 4.52 Å². The van der Waals surface area contributed by atoms with Gasteiger partial charge in [0, 0.05) is 19.6 Å². The van der Waals surface area contributed by atoms with E-state index in [0.29, 0.717) is 0 Å². The molecule has 0 aliphatic heterocycles. The number of nitrogens with zero attached hydrogens (tertiary/aromatic N) is 5. The fourth-order valence-corrected chi connectivity index (χ4v) is 4.58. The summed E-state index contributed by atoms with van der Waals surface area (Å²) in [5.74, 6) is -1.51. The van der Waals surface area contributed by atoms with Gasteiger partial charge in [0.05, 0.1) is 10.2 Å². The number of carbonyl (C=O) groups excluding carboxylic acids is 1. The third kappa shape index (κ3) is 8.09. The lowest BCUT2D eigenvalue weighted by Crippen LogP contribution is -2.45. The summed E-state index contributed by atoms with van der Waals surface area (Å²) in [4.78, 5) is 24.4. The Kier molecular flexibility index (Phi) is 9.99. The average Bonchev–Trinajstić information content (AvgIpc) is 3.48. The normalized spacial score (nSPS) is 12.2. The molecule has 2 aromatic heterocycles. The summed E-state index contributed by atoms with van der Waals surface area (Å²) in [6.45, 7) is 9.01. The SMILES string of the molecule is C=CCN(CCNc1nonc1-c1noc(=O)n1-c1ccc(F)c(Br)c1)S(=O)(=O)NC(=O)OCC=CC(C)(C)C. The van der Waals surface area contributed by atoms with E-state index < -0.39 is 27.9 Å². The molecule has 0 saturated heterocycles. The van der Waals surface area contributed by atoms with E-state index in [4.69, 9.17) is 13.9 Å². The maximum atomic E-state index is 13.7. The van der Waals surface area contributed by atoms with Gasteiger partial charge in [-0.05, 0) is 49.9 Å². The minimum absolute atomic E-state index is 0.0113. The maximum Gasteiger partial charge on any atom is 0.446 e. The second-order valence-corrected chi connectivity index (χ2v) is 11.7. The Bertz CT molecular complexity index is 1540. The van der Waals surface area contributed by atoms with E-state index in [2.05, 4.69) is 43.3 Å². The smallest absolute Gasteiger partial charge is 0.445 e. The van der Waals surface area contributed by atoms with E-state index in [1.54, 1.807) is 6.08 Å². The predicted molar refractivity (Wildman–Crippen MR) is 145 cm³/mol. The molecule has 0 aliphatic carbocycles. The standard InChI is InChI=1S/C23H27BrFN7O7S/c1-5-11-31(40(35,36)30-21(33)37-13-6-9-23(2,3)4)12-10-26-19-18(27-39-28-19)20-29-38-22(34)32(20)15-7-8-17(25)16(24)14-15/h5-9,14H,1,10-13H2,2-4H3,(H,26,28)(H,30,33). The molecular weight excluding hydrogens is 617 g/mol. The molecule has 1 amide bonds. The van der Waals surface area contributed by atoms with Crippen molar-refractivity contribution in [3.05, 3.63) is 63.8 Å². The number of hydrogen-bond acceptors (Lipinski definition) is 11. The summed E-state index contributed by atoms with van der Waals surface area (Å²) in [6.07, 6.45) is 3.65. The molecule has 0 radical (unpaired) electrons. The second-order valence-electron chi connectivity index (χ2n) is 9.21. The minimum atomic E-state index is -4.29. The van der Waals surface area contributed by atoms with Crippen LogP contribution in [0.3, 0.4) is 0 Å². The van der Waals surface area contributed by atoms with Crippen molar-refractivity contribution in [1.29, 1.82) is 0 Å². The minimum Gasteiger partial charge on any atom is -0.445 e. The molecule has 40 heavy (non-hydrogen) atoms. The molecule has 0 atom stereocenters. The third-order valence-electron chi connectivity index (χ3n) is 4.93. The monoisotopic (exact) mass is 643 g/mol. The zero-order valence-corrected chi connectivity index (χ0v) is 24.2. The second kappa shape index (κ2) is 13.0. The molecule has 3 aromatic rings. The van der Waals surface area contributed by atoms with Crippen molar-refractivity contribution in [2.45, 2.75) is 20.8 Å². The van der Waals surface area contributed by atoms with Gasteiger partial charge in [-0.2, -0.15) is 12.7 Å². The molecule has 3 rings (SSSR count). The van der Waals surface area contributed by atoms with Crippen LogP contribution in [0, 0.1) is 11.2 Å². The highest BCUT2D eigenvalue weighted by Crippen LogP contribution is 2.26. The Morgan fingerprint density at radius 1 is 1.30 bits per heavy atom. The summed E-state index contributed by atoms with van der Waals surface area (Å²) < 4.78 is 57.5. The molecule has 1 aromatic carbocycles. The number of hydrogen-bond donors (Lipinski definition) is 2. The summed E-state index contributed by atoms with van der Waals surface area (Å²) in [5, 5.41) is 14.0. The molecule has 17 heteroatoms. The van der Waals surface area contributed by atoms with Gasteiger partial charge in [0.25, 0.3) is 0 Å². The van der Waals surface area contributed by atoms with Crippen molar-refractivity contribution < 1.29 is 31.5 Å². The van der Waals surface area contributed by atoms with E-state index in [0.717, 1.165) is 14.9 Å². The highest BCUT2D eigenvalue weighted by molar-refractivity contribution is 9.10. The number of halogens is 2. The third-order valence-corrected chi connectivity index (χ3v) is 6.98. The number of benzene rings is 1.